The Kier molecular flexibility index (Phi) is 5.28. The monoisotopic (exact) mass is 422 g/mol. The van der Waals surface area contributed by atoms with E-state index in [4.69, 9.17) is 4.74 Å². The van der Waals surface area contributed by atoms with Crippen LogP contribution in [0.15, 0.2) is 54.4 Å². The third-order valence-electron chi connectivity index (χ3n) is 4.63. The lowest BCUT2D eigenvalue weighted by atomic mass is 9.95. The lowest BCUT2D eigenvalue weighted by Crippen LogP contribution is -2.29. The predicted molar refractivity (Wildman–Crippen MR) is 111 cm³/mol. The van der Waals surface area contributed by atoms with Gasteiger partial charge in [-0.25, -0.2) is 0 Å². The van der Waals surface area contributed by atoms with Gasteiger partial charge < -0.3 is 9.84 Å². The fraction of sp³-hybridized carbons (Fsp3) is 0.190. The number of carbonyl (C=O) groups is 2. The molecule has 1 aliphatic heterocycles. The molecule has 0 spiro atoms. The molecule has 1 saturated heterocycles. The third kappa shape index (κ3) is 3.43. The Hall–Kier alpha value is -3.59. The van der Waals surface area contributed by atoms with Crippen molar-refractivity contribution in [2.75, 3.05) is 11.5 Å². The minimum atomic E-state index is -0.846. The molecule has 0 saturated carbocycles. The van der Waals surface area contributed by atoms with Crippen LogP contribution in [-0.2, 0) is 9.59 Å². The van der Waals surface area contributed by atoms with Crippen LogP contribution >= 0.6 is 11.3 Å². The molecule has 3 aromatic rings. The van der Waals surface area contributed by atoms with E-state index < -0.39 is 17.7 Å². The van der Waals surface area contributed by atoms with Crippen LogP contribution < -0.4 is 9.64 Å². The fourth-order valence-corrected chi connectivity index (χ4v) is 4.02. The van der Waals surface area contributed by atoms with Crippen LogP contribution in [0.4, 0.5) is 5.13 Å². The van der Waals surface area contributed by atoms with E-state index >= 15 is 0 Å². The first-order valence-electron chi connectivity index (χ1n) is 9.25. The number of benzene rings is 1. The molecule has 0 aliphatic carbocycles. The summed E-state index contributed by atoms with van der Waals surface area (Å²) in [6.07, 6.45) is 3.01. The molecule has 3 heterocycles. The molecular formula is C21H18N4O4S. The summed E-state index contributed by atoms with van der Waals surface area (Å²) in [7, 11) is 0. The Bertz CT molecular complexity index is 1130. The second-order valence-electron chi connectivity index (χ2n) is 6.51. The van der Waals surface area contributed by atoms with Crippen molar-refractivity contribution in [2.24, 2.45) is 0 Å². The molecule has 0 radical (unpaired) electrons. The molecule has 1 atom stereocenters. The van der Waals surface area contributed by atoms with Gasteiger partial charge in [0, 0.05) is 18.0 Å². The number of Topliss-reactive ketones (excluding diaryl/α,β-unsaturated/α-hetero) is 1. The quantitative estimate of drug-likeness (QED) is 0.382. The zero-order chi connectivity index (χ0) is 21.3. The molecule has 1 amide bonds. The topological polar surface area (TPSA) is 106 Å². The first-order valence-corrected chi connectivity index (χ1v) is 10.1. The number of pyridine rings is 1. The maximum absolute atomic E-state index is 13.0. The Morgan fingerprint density at radius 2 is 1.83 bits per heavy atom. The molecule has 2 aromatic heterocycles. The average Bonchev–Trinajstić information content (AvgIpc) is 3.30. The lowest BCUT2D eigenvalue weighted by molar-refractivity contribution is -0.132. The number of nitrogens with zero attached hydrogens (tertiary/aromatic N) is 4. The van der Waals surface area contributed by atoms with Crippen LogP contribution in [0.25, 0.3) is 5.76 Å². The fourth-order valence-electron chi connectivity index (χ4n) is 3.31. The normalized spacial score (nSPS) is 18.1. The highest BCUT2D eigenvalue weighted by molar-refractivity contribution is 7.15. The molecule has 8 nitrogen and oxygen atoms in total. The molecule has 1 aliphatic rings. The van der Waals surface area contributed by atoms with Crippen LogP contribution in [0.3, 0.4) is 0 Å². The molecule has 4 rings (SSSR count). The molecule has 152 valence electrons. The van der Waals surface area contributed by atoms with E-state index in [0.717, 1.165) is 0 Å². The molecule has 0 bridgehead atoms. The summed E-state index contributed by atoms with van der Waals surface area (Å²) in [6, 6.07) is 9.36. The predicted octanol–water partition coefficient (Wildman–Crippen LogP) is 3.27. The number of rotatable bonds is 5. The van der Waals surface area contributed by atoms with E-state index in [1.165, 1.54) is 28.6 Å². The van der Waals surface area contributed by atoms with Crippen molar-refractivity contribution in [1.82, 2.24) is 15.2 Å². The van der Waals surface area contributed by atoms with Crippen LogP contribution in [-0.4, -0.2) is 38.6 Å². The van der Waals surface area contributed by atoms with E-state index in [2.05, 4.69) is 15.2 Å². The van der Waals surface area contributed by atoms with Crippen molar-refractivity contribution in [2.45, 2.75) is 19.9 Å². The summed E-state index contributed by atoms with van der Waals surface area (Å²) in [4.78, 5) is 31.1. The van der Waals surface area contributed by atoms with Crippen LogP contribution in [0, 0.1) is 6.92 Å². The van der Waals surface area contributed by atoms with Crippen molar-refractivity contribution < 1.29 is 19.4 Å². The standard InChI is InChI=1S/C21H18N4O4S/c1-3-29-15-6-4-13(5-7-15)17-16(18(26)14-8-10-22-11-9-14)19(27)20(28)25(17)21-24-23-12(2)30-21/h4-11,17,26H,3H2,1-2H3. The third-order valence-corrected chi connectivity index (χ3v) is 5.46. The number of ketones is 1. The minimum absolute atomic E-state index is 0.0109. The van der Waals surface area contributed by atoms with E-state index in [1.807, 2.05) is 6.92 Å². The number of hydrogen-bond donors (Lipinski definition) is 1. The zero-order valence-electron chi connectivity index (χ0n) is 16.3. The number of anilines is 1. The molecule has 1 fully saturated rings. The summed E-state index contributed by atoms with van der Waals surface area (Å²) < 4.78 is 5.49. The highest BCUT2D eigenvalue weighted by Gasteiger charge is 2.48. The average molecular weight is 422 g/mol. The molecule has 1 aromatic carbocycles. The Morgan fingerprint density at radius 1 is 1.13 bits per heavy atom. The van der Waals surface area contributed by atoms with Crippen molar-refractivity contribution in [1.29, 1.82) is 0 Å². The van der Waals surface area contributed by atoms with Crippen molar-refractivity contribution in [3.05, 3.63) is 70.5 Å². The van der Waals surface area contributed by atoms with Crippen molar-refractivity contribution in [3.8, 4) is 5.75 Å². The van der Waals surface area contributed by atoms with Crippen LogP contribution in [0.2, 0.25) is 0 Å². The highest BCUT2D eigenvalue weighted by atomic mass is 32.1. The SMILES string of the molecule is CCOc1ccc(C2C(=C(O)c3ccncc3)C(=O)C(=O)N2c2nnc(C)s2)cc1. The Morgan fingerprint density at radius 3 is 2.43 bits per heavy atom. The van der Waals surface area contributed by atoms with Gasteiger partial charge in [0.15, 0.2) is 0 Å². The number of hydrogen-bond acceptors (Lipinski definition) is 8. The Labute approximate surface area is 176 Å². The van der Waals surface area contributed by atoms with Crippen molar-refractivity contribution >= 4 is 33.9 Å². The number of aliphatic hydroxyl groups excluding tert-OH is 1. The van der Waals surface area contributed by atoms with Gasteiger partial charge in [-0.1, -0.05) is 23.5 Å². The zero-order valence-corrected chi connectivity index (χ0v) is 17.1. The molecule has 30 heavy (non-hydrogen) atoms. The maximum Gasteiger partial charge on any atom is 0.301 e. The van der Waals surface area contributed by atoms with Gasteiger partial charge in [-0.3, -0.25) is 19.5 Å². The van der Waals surface area contributed by atoms with Gasteiger partial charge in [0.25, 0.3) is 5.78 Å². The summed E-state index contributed by atoms with van der Waals surface area (Å²) in [5.41, 5.74) is 1.02. The van der Waals surface area contributed by atoms with Crippen LogP contribution in [0.5, 0.6) is 5.75 Å². The molecule has 1 N–H and O–H groups in total. The van der Waals surface area contributed by atoms with Gasteiger partial charge in [-0.2, -0.15) is 0 Å². The first kappa shape index (κ1) is 19.7. The first-order chi connectivity index (χ1) is 14.5. The maximum atomic E-state index is 13.0. The number of aryl methyl sites for hydroxylation is 1. The summed E-state index contributed by atoms with van der Waals surface area (Å²) >= 11 is 1.20. The summed E-state index contributed by atoms with van der Waals surface area (Å²) in [6.45, 7) is 4.17. The van der Waals surface area contributed by atoms with Gasteiger partial charge in [-0.05, 0) is 43.7 Å². The number of amides is 1. The van der Waals surface area contributed by atoms with E-state index in [1.54, 1.807) is 43.3 Å². The van der Waals surface area contributed by atoms with Crippen molar-refractivity contribution in [3.63, 3.8) is 0 Å². The van der Waals surface area contributed by atoms with E-state index in [9.17, 15) is 14.7 Å². The number of carbonyl (C=O) groups excluding carboxylic acids is 2. The number of ether oxygens (including phenoxy) is 1. The molecule has 1 unspecified atom stereocenters. The highest BCUT2D eigenvalue weighted by Crippen LogP contribution is 2.43. The van der Waals surface area contributed by atoms with E-state index in [-0.39, 0.29) is 11.3 Å². The van der Waals surface area contributed by atoms with Gasteiger partial charge >= 0.3 is 5.91 Å². The van der Waals surface area contributed by atoms with Gasteiger partial charge in [0.2, 0.25) is 5.13 Å². The number of aromatic nitrogens is 3. The molecular weight excluding hydrogens is 404 g/mol. The number of aliphatic hydroxyl groups is 1. The van der Waals surface area contributed by atoms with Gasteiger partial charge in [-0.15, -0.1) is 10.2 Å². The van der Waals surface area contributed by atoms with Gasteiger partial charge in [0.1, 0.15) is 16.5 Å². The summed E-state index contributed by atoms with van der Waals surface area (Å²) in [5, 5.41) is 19.9. The Balaban J connectivity index is 1.89. The van der Waals surface area contributed by atoms with Gasteiger partial charge in [0.05, 0.1) is 18.2 Å². The largest absolute Gasteiger partial charge is 0.507 e. The second-order valence-corrected chi connectivity index (χ2v) is 7.67. The second kappa shape index (κ2) is 8.03. The van der Waals surface area contributed by atoms with Crippen LogP contribution in [0.1, 0.15) is 29.1 Å². The lowest BCUT2D eigenvalue weighted by Gasteiger charge is -2.22. The smallest absolute Gasteiger partial charge is 0.301 e. The summed E-state index contributed by atoms with van der Waals surface area (Å²) in [5.74, 6) is -1.14. The van der Waals surface area contributed by atoms with E-state index in [0.29, 0.717) is 33.6 Å². The molecule has 9 heteroatoms. The minimum Gasteiger partial charge on any atom is -0.507 e.